The smallest absolute Gasteiger partial charge is 0.0574 e. The van der Waals surface area contributed by atoms with E-state index >= 15 is 0 Å². The Morgan fingerprint density at radius 3 is 2.94 bits per heavy atom. The molecule has 17 heavy (non-hydrogen) atoms. The molecule has 0 bridgehead atoms. The zero-order valence-electron chi connectivity index (χ0n) is 10.5. The van der Waals surface area contributed by atoms with Crippen LogP contribution in [0.3, 0.4) is 0 Å². The van der Waals surface area contributed by atoms with Gasteiger partial charge in [0.2, 0.25) is 0 Å². The quantitative estimate of drug-likeness (QED) is 0.680. The molecule has 1 aliphatic heterocycles. The van der Waals surface area contributed by atoms with Gasteiger partial charge in [0.05, 0.1) is 17.8 Å². The summed E-state index contributed by atoms with van der Waals surface area (Å²) in [5, 5.41) is 1.17. The molecule has 2 aromatic heterocycles. The number of aromatic nitrogens is 2. The van der Waals surface area contributed by atoms with Crippen LogP contribution in [0.1, 0.15) is 25.1 Å². The van der Waals surface area contributed by atoms with E-state index in [1.807, 2.05) is 38.5 Å². The number of aliphatic imine (C=N–C) groups is 1. The average molecular weight is 227 g/mol. The fraction of sp³-hybridized carbons (Fsp3) is 0.286. The van der Waals surface area contributed by atoms with E-state index in [2.05, 4.69) is 33.7 Å². The van der Waals surface area contributed by atoms with Crippen LogP contribution in [0.2, 0.25) is 0 Å². The van der Waals surface area contributed by atoms with Crippen molar-refractivity contribution in [2.75, 3.05) is 6.54 Å². The third-order valence-corrected chi connectivity index (χ3v) is 2.79. The Labute approximate surface area is 102 Å². The van der Waals surface area contributed by atoms with Gasteiger partial charge >= 0.3 is 0 Å². The second-order valence-corrected chi connectivity index (χ2v) is 3.65. The second kappa shape index (κ2) is 4.95. The first-order chi connectivity index (χ1) is 8.38. The average Bonchev–Trinajstić information content (AvgIpc) is 2.59. The summed E-state index contributed by atoms with van der Waals surface area (Å²) < 4.78 is 2.18. The summed E-state index contributed by atoms with van der Waals surface area (Å²) in [4.78, 5) is 8.49. The molecule has 0 saturated heterocycles. The highest BCUT2D eigenvalue weighted by Gasteiger charge is 2.11. The van der Waals surface area contributed by atoms with Gasteiger partial charge in [0, 0.05) is 36.6 Å². The second-order valence-electron chi connectivity index (χ2n) is 3.65. The molecule has 0 spiro atoms. The standard InChI is InChI=1S/C12H11N3.C2H6/c1-15-11-3-2-5-13-7-9(11)10-8-14-6-4-12(10)15;1-2/h2-4,6-8H,5H2,1H3;1-2H3. The van der Waals surface area contributed by atoms with Gasteiger partial charge in [-0.1, -0.05) is 19.9 Å². The zero-order chi connectivity index (χ0) is 12.3. The summed E-state index contributed by atoms with van der Waals surface area (Å²) >= 11 is 0. The van der Waals surface area contributed by atoms with E-state index in [0.717, 1.165) is 6.54 Å². The van der Waals surface area contributed by atoms with Crippen LogP contribution in [0.4, 0.5) is 0 Å². The lowest BCUT2D eigenvalue weighted by molar-refractivity contribution is 0.953. The molecular weight excluding hydrogens is 210 g/mol. The fourth-order valence-electron chi connectivity index (χ4n) is 2.04. The van der Waals surface area contributed by atoms with Crippen molar-refractivity contribution in [2.24, 2.45) is 12.0 Å². The molecule has 0 radical (unpaired) electrons. The molecule has 0 amide bonds. The van der Waals surface area contributed by atoms with Crippen LogP contribution in [0.25, 0.3) is 17.0 Å². The third kappa shape index (κ3) is 1.88. The van der Waals surface area contributed by atoms with Crippen LogP contribution >= 0.6 is 0 Å². The molecule has 0 aliphatic carbocycles. The molecule has 0 unspecified atom stereocenters. The van der Waals surface area contributed by atoms with Crippen molar-refractivity contribution in [3.05, 3.63) is 35.8 Å². The molecule has 0 atom stereocenters. The highest BCUT2D eigenvalue weighted by Crippen LogP contribution is 2.24. The van der Waals surface area contributed by atoms with Crippen molar-refractivity contribution in [1.82, 2.24) is 9.55 Å². The Hall–Kier alpha value is -1.90. The van der Waals surface area contributed by atoms with Crippen LogP contribution in [-0.2, 0) is 7.05 Å². The van der Waals surface area contributed by atoms with Gasteiger partial charge in [-0.3, -0.25) is 9.98 Å². The minimum Gasteiger partial charge on any atom is -0.343 e. The maximum absolute atomic E-state index is 4.32. The van der Waals surface area contributed by atoms with E-state index in [-0.39, 0.29) is 0 Å². The van der Waals surface area contributed by atoms with Crippen LogP contribution < -0.4 is 0 Å². The Morgan fingerprint density at radius 1 is 1.29 bits per heavy atom. The Bertz CT molecular complexity index is 576. The van der Waals surface area contributed by atoms with Gasteiger partial charge in [-0.15, -0.1) is 0 Å². The maximum atomic E-state index is 4.32. The van der Waals surface area contributed by atoms with Crippen molar-refractivity contribution in [1.29, 1.82) is 0 Å². The van der Waals surface area contributed by atoms with E-state index in [4.69, 9.17) is 0 Å². The first kappa shape index (κ1) is 11.6. The van der Waals surface area contributed by atoms with E-state index in [0.29, 0.717) is 0 Å². The van der Waals surface area contributed by atoms with Gasteiger partial charge in [-0.25, -0.2) is 0 Å². The predicted molar refractivity (Wildman–Crippen MR) is 73.6 cm³/mol. The topological polar surface area (TPSA) is 30.2 Å². The molecule has 88 valence electrons. The summed E-state index contributed by atoms with van der Waals surface area (Å²) in [6, 6.07) is 2.03. The molecule has 0 saturated carbocycles. The summed E-state index contributed by atoms with van der Waals surface area (Å²) in [5.74, 6) is 0. The fourth-order valence-corrected chi connectivity index (χ4v) is 2.04. The van der Waals surface area contributed by atoms with E-state index in [1.54, 1.807) is 0 Å². The lowest BCUT2D eigenvalue weighted by Gasteiger charge is -1.98. The molecule has 3 heteroatoms. The summed E-state index contributed by atoms with van der Waals surface area (Å²) in [7, 11) is 2.07. The summed E-state index contributed by atoms with van der Waals surface area (Å²) in [5.41, 5.74) is 3.58. The number of nitrogens with zero attached hydrogens (tertiary/aromatic N) is 3. The van der Waals surface area contributed by atoms with Crippen molar-refractivity contribution >= 4 is 23.2 Å². The highest BCUT2D eigenvalue weighted by molar-refractivity contribution is 6.03. The molecule has 0 N–H and O–H groups in total. The maximum Gasteiger partial charge on any atom is 0.0574 e. The van der Waals surface area contributed by atoms with E-state index in [1.165, 1.54) is 22.2 Å². The largest absolute Gasteiger partial charge is 0.343 e. The molecule has 0 fully saturated rings. The molecule has 3 nitrogen and oxygen atoms in total. The molecular formula is C14H17N3. The minimum atomic E-state index is 0.760. The molecule has 0 aromatic carbocycles. The first-order valence-electron chi connectivity index (χ1n) is 5.96. The first-order valence-corrected chi connectivity index (χ1v) is 5.96. The number of pyridine rings is 1. The predicted octanol–water partition coefficient (Wildman–Crippen LogP) is 3.05. The SMILES string of the molecule is CC.Cn1c2c(c3cnccc31)C=NCC=C2. The molecule has 3 heterocycles. The molecule has 3 rings (SSSR count). The summed E-state index contributed by atoms with van der Waals surface area (Å²) in [6.45, 7) is 4.76. The van der Waals surface area contributed by atoms with E-state index < -0.39 is 0 Å². The third-order valence-electron chi connectivity index (χ3n) is 2.79. The Balaban J connectivity index is 0.000000514. The van der Waals surface area contributed by atoms with E-state index in [9.17, 15) is 0 Å². The van der Waals surface area contributed by atoms with Gasteiger partial charge in [0.15, 0.2) is 0 Å². The minimum absolute atomic E-state index is 0.760. The molecule has 1 aliphatic rings. The van der Waals surface area contributed by atoms with Gasteiger partial charge in [0.1, 0.15) is 0 Å². The van der Waals surface area contributed by atoms with Crippen LogP contribution in [0, 0.1) is 0 Å². The van der Waals surface area contributed by atoms with Crippen molar-refractivity contribution in [3.8, 4) is 0 Å². The number of hydrogen-bond acceptors (Lipinski definition) is 2. The number of fused-ring (bicyclic) bond motifs is 3. The van der Waals surface area contributed by atoms with Crippen LogP contribution in [0.15, 0.2) is 29.5 Å². The normalized spacial score (nSPS) is 12.9. The summed E-state index contributed by atoms with van der Waals surface area (Å²) in [6.07, 6.45) is 9.87. The number of hydrogen-bond donors (Lipinski definition) is 0. The van der Waals surface area contributed by atoms with Crippen molar-refractivity contribution < 1.29 is 0 Å². The van der Waals surface area contributed by atoms with Crippen LogP contribution in [0.5, 0.6) is 0 Å². The van der Waals surface area contributed by atoms with Gasteiger partial charge in [0.25, 0.3) is 0 Å². The monoisotopic (exact) mass is 227 g/mol. The van der Waals surface area contributed by atoms with Crippen molar-refractivity contribution in [2.45, 2.75) is 13.8 Å². The number of rotatable bonds is 0. The van der Waals surface area contributed by atoms with Gasteiger partial charge in [-0.05, 0) is 12.1 Å². The molecule has 2 aromatic rings. The lowest BCUT2D eigenvalue weighted by Crippen LogP contribution is -1.91. The lowest BCUT2D eigenvalue weighted by atomic mass is 10.2. The van der Waals surface area contributed by atoms with Gasteiger partial charge < -0.3 is 4.57 Å². The number of aryl methyl sites for hydroxylation is 1. The van der Waals surface area contributed by atoms with Crippen molar-refractivity contribution in [3.63, 3.8) is 0 Å². The Morgan fingerprint density at radius 2 is 2.12 bits per heavy atom. The van der Waals surface area contributed by atoms with Crippen LogP contribution in [-0.4, -0.2) is 22.3 Å². The zero-order valence-corrected chi connectivity index (χ0v) is 10.5. The highest BCUT2D eigenvalue weighted by atomic mass is 15.0. The Kier molecular flexibility index (Phi) is 3.38. The van der Waals surface area contributed by atoms with Gasteiger partial charge in [-0.2, -0.15) is 0 Å².